The summed E-state index contributed by atoms with van der Waals surface area (Å²) >= 11 is 0. The number of rotatable bonds is 12. The minimum Gasteiger partial charge on any atom is -0.470 e. The van der Waals surface area contributed by atoms with Gasteiger partial charge in [-0.3, -0.25) is 19.5 Å². The van der Waals surface area contributed by atoms with E-state index in [0.29, 0.717) is 28.9 Å². The molecule has 2 aromatic rings. The molecule has 0 unspecified atom stereocenters. The molecule has 0 saturated carbocycles. The van der Waals surface area contributed by atoms with Crippen LogP contribution in [0.2, 0.25) is 0 Å². The van der Waals surface area contributed by atoms with E-state index in [1.807, 2.05) is 17.0 Å². The Kier molecular flexibility index (Phi) is 11.3. The number of amides is 2. The SMILES string of the molecule is C=N/N=C(\OCC(F)F)c1ccc(CN(C)C(=O)c2ccc(N3CCN(CC(=O)N4CCCC4)CC3)cc2C(C)(C)C=O)nc1. The van der Waals surface area contributed by atoms with Crippen LogP contribution >= 0.6 is 0 Å². The van der Waals surface area contributed by atoms with Crippen molar-refractivity contribution in [3.8, 4) is 0 Å². The van der Waals surface area contributed by atoms with Gasteiger partial charge in [-0.1, -0.05) is 0 Å². The molecule has 2 aliphatic rings. The summed E-state index contributed by atoms with van der Waals surface area (Å²) in [6, 6.07) is 8.81. The lowest BCUT2D eigenvalue weighted by Gasteiger charge is -2.37. The van der Waals surface area contributed by atoms with E-state index in [1.54, 1.807) is 39.1 Å². The van der Waals surface area contributed by atoms with Crippen LogP contribution in [-0.2, 0) is 26.3 Å². The number of benzene rings is 1. The lowest BCUT2D eigenvalue weighted by molar-refractivity contribution is -0.131. The Morgan fingerprint density at radius 3 is 2.42 bits per heavy atom. The molecule has 13 heteroatoms. The third-order valence-electron chi connectivity index (χ3n) is 8.10. The number of pyridine rings is 1. The van der Waals surface area contributed by atoms with Gasteiger partial charge in [0.05, 0.1) is 24.3 Å². The van der Waals surface area contributed by atoms with Crippen LogP contribution in [0, 0.1) is 0 Å². The highest BCUT2D eigenvalue weighted by Crippen LogP contribution is 2.31. The third kappa shape index (κ3) is 8.68. The molecule has 0 spiro atoms. The Morgan fingerprint density at radius 1 is 1.11 bits per heavy atom. The summed E-state index contributed by atoms with van der Waals surface area (Å²) in [6.45, 7) is 11.2. The summed E-state index contributed by atoms with van der Waals surface area (Å²) < 4.78 is 30.2. The van der Waals surface area contributed by atoms with Crippen molar-refractivity contribution in [1.29, 1.82) is 0 Å². The van der Waals surface area contributed by atoms with E-state index in [-0.39, 0.29) is 24.3 Å². The van der Waals surface area contributed by atoms with E-state index in [2.05, 4.69) is 31.7 Å². The van der Waals surface area contributed by atoms with Gasteiger partial charge in [0.15, 0.2) is 6.61 Å². The number of piperazine rings is 1. The Morgan fingerprint density at radius 2 is 1.82 bits per heavy atom. The minimum atomic E-state index is -2.68. The predicted octanol–water partition coefficient (Wildman–Crippen LogP) is 3.22. The maximum absolute atomic E-state index is 13.7. The van der Waals surface area contributed by atoms with E-state index in [4.69, 9.17) is 4.74 Å². The largest absolute Gasteiger partial charge is 0.470 e. The van der Waals surface area contributed by atoms with Crippen LogP contribution in [0.25, 0.3) is 0 Å². The van der Waals surface area contributed by atoms with E-state index in [9.17, 15) is 23.2 Å². The van der Waals surface area contributed by atoms with Crippen molar-refractivity contribution in [3.05, 3.63) is 58.9 Å². The molecule has 0 bridgehead atoms. The second-order valence-corrected chi connectivity index (χ2v) is 11.9. The zero-order valence-corrected chi connectivity index (χ0v) is 26.1. The van der Waals surface area contributed by atoms with Crippen molar-refractivity contribution in [2.75, 3.05) is 64.4 Å². The number of aromatic nitrogens is 1. The normalized spacial score (nSPS) is 16.2. The summed E-state index contributed by atoms with van der Waals surface area (Å²) in [7, 11) is 1.65. The monoisotopic (exact) mass is 625 g/mol. The second kappa shape index (κ2) is 15.2. The van der Waals surface area contributed by atoms with Crippen molar-refractivity contribution in [2.24, 2.45) is 10.2 Å². The van der Waals surface area contributed by atoms with Gasteiger partial charge in [0.2, 0.25) is 11.8 Å². The first-order valence-corrected chi connectivity index (χ1v) is 15.0. The number of anilines is 1. The number of likely N-dealkylation sites (tertiary alicyclic amines) is 1. The summed E-state index contributed by atoms with van der Waals surface area (Å²) in [5, 5.41) is 7.02. The van der Waals surface area contributed by atoms with Gasteiger partial charge in [-0.15, -0.1) is 5.10 Å². The van der Waals surface area contributed by atoms with Crippen molar-refractivity contribution < 1.29 is 27.9 Å². The molecule has 0 N–H and O–H groups in total. The number of halogens is 2. The van der Waals surface area contributed by atoms with Gasteiger partial charge in [0, 0.05) is 75.9 Å². The highest BCUT2D eigenvalue weighted by Gasteiger charge is 2.30. The van der Waals surface area contributed by atoms with Crippen molar-refractivity contribution >= 4 is 36.4 Å². The first-order chi connectivity index (χ1) is 21.5. The number of carbonyl (C=O) groups is 3. The standard InChI is InChI=1S/C32H41F2N7O4/c1-32(2,22-42)27-17-25(40-15-13-39(14-16-40)20-29(43)41-11-5-6-12-41)9-10-26(27)31(44)38(4)19-24-8-7-23(18-36-24)30(37-35-3)45-21-28(33)34/h7-10,17-18,22,28H,3,5-6,11-16,19-21H2,1-2,4H3/b37-30-. The van der Waals surface area contributed by atoms with Crippen LogP contribution < -0.4 is 4.90 Å². The van der Waals surface area contributed by atoms with E-state index < -0.39 is 18.4 Å². The number of aldehydes is 1. The molecule has 2 saturated heterocycles. The summed E-state index contributed by atoms with van der Waals surface area (Å²) in [4.78, 5) is 50.6. The number of hydrogen-bond acceptors (Lipinski definition) is 9. The Balaban J connectivity index is 1.44. The van der Waals surface area contributed by atoms with Gasteiger partial charge in [0.1, 0.15) is 6.29 Å². The summed E-state index contributed by atoms with van der Waals surface area (Å²) in [5.74, 6) is -0.218. The van der Waals surface area contributed by atoms with E-state index in [1.165, 1.54) is 11.1 Å². The molecular weight excluding hydrogens is 584 g/mol. The van der Waals surface area contributed by atoms with E-state index in [0.717, 1.165) is 64.1 Å². The first kappa shape index (κ1) is 33.6. The average molecular weight is 626 g/mol. The van der Waals surface area contributed by atoms with Crippen molar-refractivity contribution in [3.63, 3.8) is 0 Å². The Labute approximate surface area is 262 Å². The maximum atomic E-state index is 13.7. The van der Waals surface area contributed by atoms with Crippen LogP contribution in [-0.4, -0.2) is 116 Å². The molecule has 1 aromatic carbocycles. The van der Waals surface area contributed by atoms with Gasteiger partial charge in [-0.25, -0.2) is 8.78 Å². The molecule has 0 aliphatic carbocycles. The molecule has 45 heavy (non-hydrogen) atoms. The topological polar surface area (TPSA) is 111 Å². The zero-order chi connectivity index (χ0) is 32.6. The van der Waals surface area contributed by atoms with Crippen LogP contribution in [0.5, 0.6) is 0 Å². The zero-order valence-electron chi connectivity index (χ0n) is 26.1. The number of carbonyl (C=O) groups excluding carboxylic acids is 3. The van der Waals surface area contributed by atoms with Crippen LogP contribution in [0.15, 0.2) is 46.7 Å². The Hall–Kier alpha value is -4.26. The fraction of sp³-hybridized carbons (Fsp3) is 0.500. The van der Waals surface area contributed by atoms with Gasteiger partial charge >= 0.3 is 0 Å². The molecule has 3 heterocycles. The predicted molar refractivity (Wildman–Crippen MR) is 168 cm³/mol. The smallest absolute Gasteiger partial charge is 0.272 e. The number of alkyl halides is 2. The lowest BCUT2D eigenvalue weighted by Crippen LogP contribution is -2.50. The third-order valence-corrected chi connectivity index (χ3v) is 8.10. The fourth-order valence-electron chi connectivity index (χ4n) is 5.48. The fourth-order valence-corrected chi connectivity index (χ4v) is 5.48. The maximum Gasteiger partial charge on any atom is 0.272 e. The van der Waals surface area contributed by atoms with Crippen LogP contribution in [0.1, 0.15) is 53.9 Å². The summed E-state index contributed by atoms with van der Waals surface area (Å²) in [5.41, 5.74) is 1.92. The van der Waals surface area contributed by atoms with Gasteiger partial charge < -0.3 is 24.2 Å². The first-order valence-electron chi connectivity index (χ1n) is 15.0. The van der Waals surface area contributed by atoms with Gasteiger partial charge in [-0.05, 0) is 62.6 Å². The lowest BCUT2D eigenvalue weighted by atomic mass is 9.82. The minimum absolute atomic E-state index is 0.133. The highest BCUT2D eigenvalue weighted by molar-refractivity contribution is 5.97. The molecule has 0 radical (unpaired) electrons. The van der Waals surface area contributed by atoms with Gasteiger partial charge in [0.25, 0.3) is 12.3 Å². The molecule has 4 rings (SSSR count). The highest BCUT2D eigenvalue weighted by atomic mass is 19.3. The molecule has 0 atom stereocenters. The van der Waals surface area contributed by atoms with Crippen molar-refractivity contribution in [2.45, 2.75) is 45.1 Å². The second-order valence-electron chi connectivity index (χ2n) is 11.9. The Bertz CT molecular complexity index is 1390. The molecule has 1 aromatic heterocycles. The molecular formula is C32H41F2N7O4. The average Bonchev–Trinajstić information content (AvgIpc) is 3.59. The van der Waals surface area contributed by atoms with Crippen molar-refractivity contribution in [1.82, 2.24) is 19.7 Å². The molecule has 2 fully saturated rings. The van der Waals surface area contributed by atoms with Gasteiger partial charge in [-0.2, -0.15) is 5.10 Å². The summed E-state index contributed by atoms with van der Waals surface area (Å²) in [6.07, 6.45) is 1.72. The molecule has 2 amide bonds. The molecule has 11 nitrogen and oxygen atoms in total. The number of hydrogen-bond donors (Lipinski definition) is 0. The number of nitrogens with zero attached hydrogens (tertiary/aromatic N) is 7. The van der Waals surface area contributed by atoms with Crippen LogP contribution in [0.4, 0.5) is 14.5 Å². The van der Waals surface area contributed by atoms with Crippen LogP contribution in [0.3, 0.4) is 0 Å². The molecule has 242 valence electrons. The molecule has 2 aliphatic heterocycles. The number of ether oxygens (including phenoxy) is 1. The van der Waals surface area contributed by atoms with E-state index >= 15 is 0 Å². The quantitative estimate of drug-likeness (QED) is 0.154.